The molecular weight excluding hydrogens is 459 g/mol. The Balaban J connectivity index is 1.89. The molecular formula is C22H20Cl2N2O4S. The Kier molecular flexibility index (Phi) is 7.33. The topological polar surface area (TPSA) is 85.4 Å². The minimum absolute atomic E-state index is 0.177. The Bertz CT molecular complexity index is 1230. The fraction of sp³-hybridized carbons (Fsp3) is 0.182. The zero-order valence-electron chi connectivity index (χ0n) is 16.9. The van der Waals surface area contributed by atoms with Crippen LogP contribution in [-0.4, -0.2) is 25.6 Å². The molecule has 0 fully saturated rings. The van der Waals surface area contributed by atoms with Crippen molar-refractivity contribution in [1.29, 1.82) is 0 Å². The molecule has 0 saturated heterocycles. The van der Waals surface area contributed by atoms with Crippen molar-refractivity contribution in [1.82, 2.24) is 10.3 Å². The highest BCUT2D eigenvalue weighted by Gasteiger charge is 2.13. The van der Waals surface area contributed by atoms with E-state index in [1.807, 2.05) is 13.0 Å². The van der Waals surface area contributed by atoms with Gasteiger partial charge in [0.1, 0.15) is 0 Å². The summed E-state index contributed by atoms with van der Waals surface area (Å²) in [7, 11) is -3.63. The quantitative estimate of drug-likeness (QED) is 0.494. The molecule has 0 bridgehead atoms. The van der Waals surface area contributed by atoms with Crippen LogP contribution in [-0.2, 0) is 27.5 Å². The van der Waals surface area contributed by atoms with Gasteiger partial charge < -0.3 is 5.32 Å². The van der Waals surface area contributed by atoms with Gasteiger partial charge in [0, 0.05) is 24.5 Å². The lowest BCUT2D eigenvalue weighted by atomic mass is 9.97. The third-order valence-electron chi connectivity index (χ3n) is 4.46. The fourth-order valence-electron chi connectivity index (χ4n) is 2.97. The minimum atomic E-state index is -3.63. The van der Waals surface area contributed by atoms with Crippen LogP contribution in [0.4, 0.5) is 0 Å². The van der Waals surface area contributed by atoms with E-state index in [9.17, 15) is 13.2 Å². The molecule has 1 aromatic heterocycles. The number of hydrogen-bond acceptors (Lipinski definition) is 5. The molecule has 162 valence electrons. The normalized spacial score (nSPS) is 11.4. The first-order valence-electron chi connectivity index (χ1n) is 9.24. The van der Waals surface area contributed by atoms with E-state index in [4.69, 9.17) is 27.4 Å². The van der Waals surface area contributed by atoms with E-state index in [0.717, 1.165) is 28.5 Å². The molecule has 0 aliphatic heterocycles. The van der Waals surface area contributed by atoms with Crippen LogP contribution in [0.5, 0.6) is 0 Å². The van der Waals surface area contributed by atoms with E-state index in [1.54, 1.807) is 48.8 Å². The number of benzene rings is 2. The summed E-state index contributed by atoms with van der Waals surface area (Å²) in [6.45, 7) is 1.99. The van der Waals surface area contributed by atoms with Crippen LogP contribution >= 0.6 is 23.2 Å². The smallest absolute Gasteiger partial charge is 0.264 e. The van der Waals surface area contributed by atoms with Gasteiger partial charge in [0.2, 0.25) is 0 Å². The molecule has 0 saturated carbocycles. The lowest BCUT2D eigenvalue weighted by molar-refractivity contribution is 0.0951. The van der Waals surface area contributed by atoms with Crippen LogP contribution in [0.1, 0.15) is 27.0 Å². The molecule has 6 nitrogen and oxygen atoms in total. The van der Waals surface area contributed by atoms with E-state index >= 15 is 0 Å². The Morgan fingerprint density at radius 2 is 1.84 bits per heavy atom. The lowest BCUT2D eigenvalue weighted by Gasteiger charge is -2.12. The summed E-state index contributed by atoms with van der Waals surface area (Å²) in [6.07, 6.45) is 4.36. The Morgan fingerprint density at radius 3 is 2.52 bits per heavy atom. The summed E-state index contributed by atoms with van der Waals surface area (Å²) in [5.74, 6) is -0.319. The van der Waals surface area contributed by atoms with Crippen LogP contribution in [0.25, 0.3) is 11.1 Å². The average molecular weight is 479 g/mol. The van der Waals surface area contributed by atoms with Crippen LogP contribution in [0.3, 0.4) is 0 Å². The molecule has 31 heavy (non-hydrogen) atoms. The highest BCUT2D eigenvalue weighted by Crippen LogP contribution is 2.26. The fourth-order valence-corrected chi connectivity index (χ4v) is 3.64. The molecule has 0 aliphatic carbocycles. The molecule has 3 aromatic rings. The molecule has 0 radical (unpaired) electrons. The van der Waals surface area contributed by atoms with E-state index in [1.165, 1.54) is 0 Å². The van der Waals surface area contributed by atoms with E-state index in [0.29, 0.717) is 21.2 Å². The number of aromatic nitrogens is 1. The summed E-state index contributed by atoms with van der Waals surface area (Å²) < 4.78 is 27.8. The average Bonchev–Trinajstić information content (AvgIpc) is 2.72. The Labute approximate surface area is 191 Å². The van der Waals surface area contributed by atoms with Crippen molar-refractivity contribution in [2.24, 2.45) is 0 Å². The second kappa shape index (κ2) is 9.78. The second-order valence-electron chi connectivity index (χ2n) is 7.01. The molecule has 2 aromatic carbocycles. The van der Waals surface area contributed by atoms with Crippen molar-refractivity contribution in [2.75, 3.05) is 6.26 Å². The van der Waals surface area contributed by atoms with Crippen molar-refractivity contribution in [3.63, 3.8) is 0 Å². The Hall–Kier alpha value is -2.45. The molecule has 0 aliphatic rings. The molecule has 1 heterocycles. The molecule has 0 spiro atoms. The number of carbonyl (C=O) groups is 1. The van der Waals surface area contributed by atoms with Gasteiger partial charge in [0.15, 0.2) is 0 Å². The number of rotatable bonds is 7. The molecule has 3 rings (SSSR count). The number of pyridine rings is 1. The predicted molar refractivity (Wildman–Crippen MR) is 122 cm³/mol. The summed E-state index contributed by atoms with van der Waals surface area (Å²) in [6, 6.07) is 12.1. The first-order chi connectivity index (χ1) is 14.6. The lowest BCUT2D eigenvalue weighted by Crippen LogP contribution is -2.23. The Morgan fingerprint density at radius 1 is 1.06 bits per heavy atom. The third-order valence-corrected chi connectivity index (χ3v) is 5.75. The van der Waals surface area contributed by atoms with E-state index < -0.39 is 10.1 Å². The van der Waals surface area contributed by atoms with Gasteiger partial charge in [-0.05, 0) is 71.1 Å². The maximum absolute atomic E-state index is 12.9. The van der Waals surface area contributed by atoms with Gasteiger partial charge in [0.25, 0.3) is 16.0 Å². The van der Waals surface area contributed by atoms with Crippen molar-refractivity contribution in [3.05, 3.63) is 87.2 Å². The first-order valence-corrected chi connectivity index (χ1v) is 11.8. The van der Waals surface area contributed by atoms with E-state index in [-0.39, 0.29) is 19.1 Å². The third kappa shape index (κ3) is 6.51. The monoisotopic (exact) mass is 478 g/mol. The van der Waals surface area contributed by atoms with Crippen LogP contribution < -0.4 is 5.32 Å². The zero-order valence-corrected chi connectivity index (χ0v) is 19.2. The summed E-state index contributed by atoms with van der Waals surface area (Å²) >= 11 is 12.0. The number of hydrogen-bond donors (Lipinski definition) is 1. The number of halogens is 2. The van der Waals surface area contributed by atoms with Gasteiger partial charge in [-0.25, -0.2) is 0 Å². The van der Waals surface area contributed by atoms with Crippen LogP contribution in [0.15, 0.2) is 54.9 Å². The number of nitrogens with one attached hydrogen (secondary N) is 1. The predicted octanol–water partition coefficient (Wildman–Crippen LogP) is 4.77. The molecule has 0 atom stereocenters. The van der Waals surface area contributed by atoms with Gasteiger partial charge >= 0.3 is 0 Å². The summed E-state index contributed by atoms with van der Waals surface area (Å²) in [5.41, 5.74) is 4.29. The highest BCUT2D eigenvalue weighted by atomic mass is 35.5. The van der Waals surface area contributed by atoms with Gasteiger partial charge in [0.05, 0.1) is 22.9 Å². The number of aryl methyl sites for hydroxylation is 1. The van der Waals surface area contributed by atoms with Crippen LogP contribution in [0, 0.1) is 6.92 Å². The molecule has 9 heteroatoms. The van der Waals surface area contributed by atoms with Crippen molar-refractivity contribution in [3.8, 4) is 11.1 Å². The summed E-state index contributed by atoms with van der Waals surface area (Å²) in [4.78, 5) is 16.9. The first kappa shape index (κ1) is 23.2. The van der Waals surface area contributed by atoms with Crippen molar-refractivity contribution >= 4 is 39.2 Å². The molecule has 1 amide bonds. The minimum Gasteiger partial charge on any atom is -0.348 e. The second-order valence-corrected chi connectivity index (χ2v) is 9.47. The van der Waals surface area contributed by atoms with Gasteiger partial charge in [-0.3, -0.25) is 14.0 Å². The summed E-state index contributed by atoms with van der Waals surface area (Å²) in [5, 5.41) is 3.69. The van der Waals surface area contributed by atoms with Gasteiger partial charge in [-0.2, -0.15) is 8.42 Å². The molecule has 1 N–H and O–H groups in total. The van der Waals surface area contributed by atoms with Crippen LogP contribution in [0.2, 0.25) is 10.0 Å². The SMILES string of the molecule is Cc1cnccc1-c1cc(COS(C)(=O)=O)cc(C(=O)NCc2ccc(Cl)c(Cl)c2)c1. The maximum atomic E-state index is 12.9. The number of amides is 1. The van der Waals surface area contributed by atoms with E-state index in [2.05, 4.69) is 10.3 Å². The highest BCUT2D eigenvalue weighted by molar-refractivity contribution is 7.85. The zero-order chi connectivity index (χ0) is 22.6. The van der Waals surface area contributed by atoms with Gasteiger partial charge in [-0.15, -0.1) is 0 Å². The van der Waals surface area contributed by atoms with Crippen molar-refractivity contribution in [2.45, 2.75) is 20.1 Å². The van der Waals surface area contributed by atoms with Gasteiger partial charge in [-0.1, -0.05) is 29.3 Å². The maximum Gasteiger partial charge on any atom is 0.264 e. The standard InChI is InChI=1S/C22H20Cl2N2O4S/c1-14-11-25-6-5-19(14)17-7-16(13-30-31(2,28)29)8-18(10-17)22(27)26-12-15-3-4-20(23)21(24)9-15/h3-11H,12-13H2,1-2H3,(H,26,27). The number of carbonyl (C=O) groups excluding carboxylic acids is 1. The molecule has 0 unspecified atom stereocenters. The van der Waals surface area contributed by atoms with Crippen molar-refractivity contribution < 1.29 is 17.4 Å². The number of nitrogens with zero attached hydrogens (tertiary/aromatic N) is 1. The largest absolute Gasteiger partial charge is 0.348 e.